The second kappa shape index (κ2) is 5.83. The summed E-state index contributed by atoms with van der Waals surface area (Å²) in [6, 6.07) is 9.69. The average Bonchev–Trinajstić information content (AvgIpc) is 2.41. The molecule has 2 aromatic rings. The van der Waals surface area contributed by atoms with Gasteiger partial charge in [-0.2, -0.15) is 0 Å². The van der Waals surface area contributed by atoms with Gasteiger partial charge in [0.05, 0.1) is 0 Å². The lowest BCUT2D eigenvalue weighted by molar-refractivity contribution is -0.114. The first-order valence-corrected chi connectivity index (χ1v) is 5.86. The number of hydrogen-bond donors (Lipinski definition) is 2. The Morgan fingerprint density at radius 3 is 2.50 bits per heavy atom. The van der Waals surface area contributed by atoms with E-state index in [1.165, 1.54) is 6.92 Å². The van der Waals surface area contributed by atoms with E-state index in [1.807, 2.05) is 0 Å². The molecule has 2 amide bonds. The van der Waals surface area contributed by atoms with Gasteiger partial charge in [-0.15, -0.1) is 0 Å². The van der Waals surface area contributed by atoms with Gasteiger partial charge in [-0.25, -0.2) is 4.98 Å². The first-order valence-electron chi connectivity index (χ1n) is 5.86. The van der Waals surface area contributed by atoms with Gasteiger partial charge in [0.25, 0.3) is 0 Å². The summed E-state index contributed by atoms with van der Waals surface area (Å²) in [7, 11) is 0. The molecule has 0 fully saturated rings. The van der Waals surface area contributed by atoms with Gasteiger partial charge in [0, 0.05) is 18.7 Å². The molecule has 6 heteroatoms. The Kier molecular flexibility index (Phi) is 3.95. The minimum Gasteiger partial charge on any atom is -0.437 e. The van der Waals surface area contributed by atoms with Crippen LogP contribution in [0.4, 0.5) is 5.69 Å². The van der Waals surface area contributed by atoms with E-state index >= 15 is 0 Å². The molecule has 6 nitrogen and oxygen atoms in total. The number of rotatable bonds is 4. The number of carbonyl (C=O) groups excluding carboxylic acids is 2. The lowest BCUT2D eigenvalue weighted by atomic mass is 10.2. The van der Waals surface area contributed by atoms with Crippen LogP contribution in [0.5, 0.6) is 11.6 Å². The molecule has 0 atom stereocenters. The number of primary amides is 1. The van der Waals surface area contributed by atoms with Crippen LogP contribution >= 0.6 is 0 Å². The van der Waals surface area contributed by atoms with Gasteiger partial charge in [-0.05, 0) is 36.4 Å². The number of nitrogens with two attached hydrogens (primary N) is 1. The summed E-state index contributed by atoms with van der Waals surface area (Å²) in [6.45, 7) is 1.40. The summed E-state index contributed by atoms with van der Waals surface area (Å²) in [5.41, 5.74) is 6.02. The molecule has 0 aliphatic carbocycles. The molecule has 20 heavy (non-hydrogen) atoms. The highest BCUT2D eigenvalue weighted by molar-refractivity contribution is 5.93. The number of benzene rings is 1. The van der Waals surface area contributed by atoms with Crippen molar-refractivity contribution in [1.82, 2.24) is 4.98 Å². The highest BCUT2D eigenvalue weighted by Crippen LogP contribution is 2.26. The van der Waals surface area contributed by atoms with Crippen LogP contribution in [-0.2, 0) is 4.79 Å². The summed E-state index contributed by atoms with van der Waals surface area (Å²) < 4.78 is 5.57. The molecule has 0 bridgehead atoms. The largest absolute Gasteiger partial charge is 0.437 e. The summed E-state index contributed by atoms with van der Waals surface area (Å²) in [5, 5.41) is 2.62. The van der Waals surface area contributed by atoms with Crippen LogP contribution in [-0.4, -0.2) is 16.8 Å². The van der Waals surface area contributed by atoms with Crippen molar-refractivity contribution in [1.29, 1.82) is 0 Å². The topological polar surface area (TPSA) is 94.3 Å². The van der Waals surface area contributed by atoms with Gasteiger partial charge < -0.3 is 15.8 Å². The van der Waals surface area contributed by atoms with E-state index in [0.717, 1.165) is 0 Å². The smallest absolute Gasteiger partial charge is 0.248 e. The number of hydrogen-bond acceptors (Lipinski definition) is 4. The molecular weight excluding hydrogens is 258 g/mol. The van der Waals surface area contributed by atoms with E-state index in [1.54, 1.807) is 42.6 Å². The first kappa shape index (κ1) is 13.5. The van der Waals surface area contributed by atoms with Crippen molar-refractivity contribution in [2.75, 3.05) is 5.32 Å². The van der Waals surface area contributed by atoms with Crippen LogP contribution in [0, 0.1) is 0 Å². The zero-order chi connectivity index (χ0) is 14.5. The van der Waals surface area contributed by atoms with Gasteiger partial charge in [0.2, 0.25) is 17.7 Å². The number of nitrogens with zero attached hydrogens (tertiary/aromatic N) is 1. The lowest BCUT2D eigenvalue weighted by Gasteiger charge is -2.10. The zero-order valence-corrected chi connectivity index (χ0v) is 10.8. The van der Waals surface area contributed by atoms with Crippen molar-refractivity contribution in [3.63, 3.8) is 0 Å². The van der Waals surface area contributed by atoms with Crippen molar-refractivity contribution in [3.05, 3.63) is 48.2 Å². The molecular formula is C14H13N3O3. The van der Waals surface area contributed by atoms with Gasteiger partial charge in [0.15, 0.2) is 0 Å². The third kappa shape index (κ3) is 3.32. The maximum absolute atomic E-state index is 11.1. The highest BCUT2D eigenvalue weighted by atomic mass is 16.5. The summed E-state index contributed by atoms with van der Waals surface area (Å²) in [4.78, 5) is 26.1. The van der Waals surface area contributed by atoms with E-state index in [0.29, 0.717) is 17.0 Å². The van der Waals surface area contributed by atoms with E-state index in [9.17, 15) is 9.59 Å². The number of aromatic nitrogens is 1. The molecule has 0 radical (unpaired) electrons. The molecule has 2 rings (SSSR count). The van der Waals surface area contributed by atoms with Crippen molar-refractivity contribution in [3.8, 4) is 11.6 Å². The molecule has 0 unspecified atom stereocenters. The number of anilines is 1. The summed E-state index contributed by atoms with van der Waals surface area (Å²) in [6.07, 6.45) is 1.55. The summed E-state index contributed by atoms with van der Waals surface area (Å²) in [5.74, 6) is 0.0371. The number of nitrogens with one attached hydrogen (secondary N) is 1. The second-order valence-electron chi connectivity index (χ2n) is 4.03. The SMILES string of the molecule is CC(=O)Nc1cccnc1Oc1ccc(C(N)=O)cc1. The fourth-order valence-electron chi connectivity index (χ4n) is 1.56. The van der Waals surface area contributed by atoms with Crippen molar-refractivity contribution in [2.45, 2.75) is 6.92 Å². The molecule has 0 aliphatic heterocycles. The minimum atomic E-state index is -0.506. The van der Waals surface area contributed by atoms with Gasteiger partial charge in [-0.3, -0.25) is 9.59 Å². The number of ether oxygens (including phenoxy) is 1. The Hall–Kier alpha value is -2.89. The Balaban J connectivity index is 2.21. The van der Waals surface area contributed by atoms with Gasteiger partial charge >= 0.3 is 0 Å². The molecule has 1 aromatic heterocycles. The van der Waals surface area contributed by atoms with Crippen LogP contribution in [0.25, 0.3) is 0 Å². The number of amides is 2. The van der Waals surface area contributed by atoms with Crippen molar-refractivity contribution < 1.29 is 14.3 Å². The minimum absolute atomic E-state index is 0.216. The Morgan fingerprint density at radius 1 is 1.20 bits per heavy atom. The molecule has 0 spiro atoms. The monoisotopic (exact) mass is 271 g/mol. The molecule has 102 valence electrons. The molecule has 0 saturated carbocycles. The molecule has 1 aromatic carbocycles. The van der Waals surface area contributed by atoms with Crippen LogP contribution in [0.2, 0.25) is 0 Å². The average molecular weight is 271 g/mol. The fourth-order valence-corrected chi connectivity index (χ4v) is 1.56. The standard InChI is InChI=1S/C14H13N3O3/c1-9(18)17-12-3-2-8-16-14(12)20-11-6-4-10(5-7-11)13(15)19/h2-8H,1H3,(H2,15,19)(H,17,18). The van der Waals surface area contributed by atoms with Crippen molar-refractivity contribution in [2.24, 2.45) is 5.73 Å². The third-order valence-electron chi connectivity index (χ3n) is 2.44. The van der Waals surface area contributed by atoms with Crippen molar-refractivity contribution >= 4 is 17.5 Å². The molecule has 0 saturated heterocycles. The quantitative estimate of drug-likeness (QED) is 0.888. The molecule has 1 heterocycles. The Morgan fingerprint density at radius 2 is 1.90 bits per heavy atom. The highest BCUT2D eigenvalue weighted by Gasteiger charge is 2.08. The van der Waals surface area contributed by atoms with Crippen LogP contribution in [0.3, 0.4) is 0 Å². The first-order chi connectivity index (χ1) is 9.56. The normalized spacial score (nSPS) is 9.85. The maximum atomic E-state index is 11.1. The van der Waals surface area contributed by atoms with Gasteiger partial charge in [-0.1, -0.05) is 0 Å². The zero-order valence-electron chi connectivity index (χ0n) is 10.8. The predicted octanol–water partition coefficient (Wildman–Crippen LogP) is 1.93. The maximum Gasteiger partial charge on any atom is 0.248 e. The Bertz CT molecular complexity index is 638. The van der Waals surface area contributed by atoms with Crippen LogP contribution < -0.4 is 15.8 Å². The van der Waals surface area contributed by atoms with E-state index in [4.69, 9.17) is 10.5 Å². The Labute approximate surface area is 115 Å². The van der Waals surface area contributed by atoms with E-state index in [-0.39, 0.29) is 11.8 Å². The predicted molar refractivity (Wildman–Crippen MR) is 73.6 cm³/mol. The second-order valence-corrected chi connectivity index (χ2v) is 4.03. The van der Waals surface area contributed by atoms with Crippen LogP contribution in [0.1, 0.15) is 17.3 Å². The van der Waals surface area contributed by atoms with Crippen LogP contribution in [0.15, 0.2) is 42.6 Å². The lowest BCUT2D eigenvalue weighted by Crippen LogP contribution is -2.10. The number of carbonyl (C=O) groups is 2. The molecule has 3 N–H and O–H groups in total. The molecule has 0 aliphatic rings. The van der Waals surface area contributed by atoms with Gasteiger partial charge in [0.1, 0.15) is 11.4 Å². The fraction of sp³-hybridized carbons (Fsp3) is 0.0714. The summed E-state index contributed by atoms with van der Waals surface area (Å²) >= 11 is 0. The number of pyridine rings is 1. The third-order valence-corrected chi connectivity index (χ3v) is 2.44. The van der Waals surface area contributed by atoms with E-state index in [2.05, 4.69) is 10.3 Å². The van der Waals surface area contributed by atoms with E-state index < -0.39 is 5.91 Å².